The summed E-state index contributed by atoms with van der Waals surface area (Å²) in [7, 11) is -4.27. The average molecular weight is 414 g/mol. The maximum atomic E-state index is 10.5. The van der Waals surface area contributed by atoms with E-state index in [0.29, 0.717) is 4.32 Å². The van der Waals surface area contributed by atoms with E-state index < -0.39 is 7.82 Å². The van der Waals surface area contributed by atoms with Gasteiger partial charge in [-0.2, -0.15) is 0 Å². The van der Waals surface area contributed by atoms with Crippen LogP contribution in [0.5, 0.6) is 0 Å². The fraction of sp³-hybridized carbons (Fsp3) is 0.941. The van der Waals surface area contributed by atoms with Crippen molar-refractivity contribution in [1.82, 2.24) is 5.32 Å². The highest BCUT2D eigenvalue weighted by molar-refractivity contribution is 8.11. The van der Waals surface area contributed by atoms with E-state index >= 15 is 0 Å². The maximum absolute atomic E-state index is 10.5. The zero-order chi connectivity index (χ0) is 18.8. The summed E-state index contributed by atoms with van der Waals surface area (Å²) in [5, 5.41) is 3.06. The van der Waals surface area contributed by atoms with Crippen molar-refractivity contribution in [2.24, 2.45) is 0 Å². The first-order valence-corrected chi connectivity index (χ1v) is 12.0. The highest BCUT2D eigenvalue weighted by Crippen LogP contribution is 2.35. The Morgan fingerprint density at radius 3 is 1.52 bits per heavy atom. The monoisotopic (exact) mass is 413 g/mol. The van der Waals surface area contributed by atoms with Gasteiger partial charge in [-0.1, -0.05) is 89.3 Å². The molecular formula is C17H36NO4PS2. The first-order valence-electron chi connectivity index (χ1n) is 9.59. The molecule has 0 spiro atoms. The van der Waals surface area contributed by atoms with E-state index in [1.165, 1.54) is 70.6 Å². The Hall–Kier alpha value is 0.350. The Bertz CT molecular complexity index is 367. The van der Waals surface area contributed by atoms with Crippen LogP contribution in [0.2, 0.25) is 0 Å². The summed E-state index contributed by atoms with van der Waals surface area (Å²) < 4.78 is 15.5. The van der Waals surface area contributed by atoms with Crippen LogP contribution in [0.3, 0.4) is 0 Å². The van der Waals surface area contributed by atoms with Crippen LogP contribution in [0, 0.1) is 0 Å². The molecule has 0 saturated carbocycles. The molecule has 0 aromatic heterocycles. The van der Waals surface area contributed by atoms with Crippen molar-refractivity contribution >= 4 is 37.0 Å². The molecule has 0 saturated heterocycles. The highest BCUT2D eigenvalue weighted by Gasteiger charge is 2.12. The number of hydrogen-bond acceptors (Lipinski definition) is 3. The number of phosphoric acid groups is 1. The summed E-state index contributed by atoms with van der Waals surface area (Å²) in [6.45, 7) is 1.10. The molecule has 25 heavy (non-hydrogen) atoms. The average Bonchev–Trinajstić information content (AvgIpc) is 2.52. The largest absolute Gasteiger partial charge is 0.469 e. The topological polar surface area (TPSA) is 78.8 Å². The van der Waals surface area contributed by atoms with Crippen LogP contribution >= 0.6 is 32.7 Å². The van der Waals surface area contributed by atoms with E-state index in [2.05, 4.69) is 22.5 Å². The van der Waals surface area contributed by atoms with Crippen molar-refractivity contribution in [2.45, 2.75) is 89.9 Å². The van der Waals surface area contributed by atoms with E-state index in [1.54, 1.807) is 0 Å². The van der Waals surface area contributed by atoms with Crippen molar-refractivity contribution < 1.29 is 18.9 Å². The summed E-state index contributed by atoms with van der Waals surface area (Å²) >= 11 is 8.87. The third-order valence-corrected chi connectivity index (χ3v) is 4.93. The Balaban J connectivity index is 3.05. The number of phosphoric ester groups is 1. The fourth-order valence-corrected chi connectivity index (χ4v) is 3.31. The summed E-state index contributed by atoms with van der Waals surface area (Å²) in [6, 6.07) is 0. The first-order chi connectivity index (χ1) is 11.9. The van der Waals surface area contributed by atoms with Crippen LogP contribution in [0.4, 0.5) is 0 Å². The lowest BCUT2D eigenvalue weighted by Crippen LogP contribution is -2.17. The van der Waals surface area contributed by atoms with Gasteiger partial charge in [-0.25, -0.2) is 4.57 Å². The molecule has 0 amide bonds. The molecule has 5 nitrogen and oxygen atoms in total. The summed E-state index contributed by atoms with van der Waals surface area (Å²) in [6.07, 6.45) is 17.0. The predicted molar refractivity (Wildman–Crippen MR) is 112 cm³/mol. The number of nitrogens with one attached hydrogen (secondary N) is 1. The third kappa shape index (κ3) is 24.4. The molecule has 0 unspecified atom stereocenters. The lowest BCUT2D eigenvalue weighted by molar-refractivity contribution is 0.193. The van der Waals surface area contributed by atoms with Gasteiger partial charge in [-0.15, -0.1) is 12.6 Å². The van der Waals surface area contributed by atoms with Crippen LogP contribution in [-0.2, 0) is 9.09 Å². The summed E-state index contributed by atoms with van der Waals surface area (Å²) in [5.41, 5.74) is 0. The Morgan fingerprint density at radius 2 is 1.16 bits per heavy atom. The summed E-state index contributed by atoms with van der Waals surface area (Å²) in [5.74, 6) is 0. The first kappa shape index (κ1) is 25.4. The van der Waals surface area contributed by atoms with E-state index in [9.17, 15) is 4.57 Å². The van der Waals surface area contributed by atoms with Crippen molar-refractivity contribution in [2.75, 3.05) is 13.2 Å². The van der Waals surface area contributed by atoms with Gasteiger partial charge in [-0.05, 0) is 12.8 Å². The molecule has 150 valence electrons. The van der Waals surface area contributed by atoms with Gasteiger partial charge in [0.1, 0.15) is 4.32 Å². The minimum absolute atomic E-state index is 0.156. The SMILES string of the molecule is O=P(O)(O)OCCCCCCCCCCCCCCCCNC(=S)S. The Kier molecular flexibility index (Phi) is 18.0. The van der Waals surface area contributed by atoms with Crippen LogP contribution in [0.1, 0.15) is 89.9 Å². The molecule has 0 aliphatic rings. The smallest absolute Gasteiger partial charge is 0.371 e. The predicted octanol–water partition coefficient (Wildman–Crippen LogP) is 5.36. The second-order valence-corrected chi connectivity index (χ2v) is 8.90. The quantitative estimate of drug-likeness (QED) is 0.105. The lowest BCUT2D eigenvalue weighted by Gasteiger charge is -2.05. The molecule has 0 atom stereocenters. The van der Waals surface area contributed by atoms with Gasteiger partial charge >= 0.3 is 7.82 Å². The molecule has 3 N–H and O–H groups in total. The van der Waals surface area contributed by atoms with E-state index in [1.807, 2.05) is 0 Å². The molecule has 0 aliphatic carbocycles. The molecule has 0 fully saturated rings. The molecule has 0 aliphatic heterocycles. The van der Waals surface area contributed by atoms with Gasteiger partial charge in [0.05, 0.1) is 6.61 Å². The maximum Gasteiger partial charge on any atom is 0.469 e. The zero-order valence-electron chi connectivity index (χ0n) is 15.3. The highest BCUT2D eigenvalue weighted by atomic mass is 32.1. The number of rotatable bonds is 18. The van der Waals surface area contributed by atoms with E-state index in [4.69, 9.17) is 22.0 Å². The van der Waals surface area contributed by atoms with Gasteiger partial charge < -0.3 is 15.1 Å². The number of thiocarbonyl (C=S) groups is 1. The zero-order valence-corrected chi connectivity index (χ0v) is 17.9. The molecule has 0 bridgehead atoms. The second kappa shape index (κ2) is 17.7. The molecule has 0 heterocycles. The van der Waals surface area contributed by atoms with Crippen LogP contribution < -0.4 is 5.32 Å². The van der Waals surface area contributed by atoms with Crippen LogP contribution in [-0.4, -0.2) is 27.3 Å². The number of thiol groups is 1. The van der Waals surface area contributed by atoms with Crippen molar-refractivity contribution in [3.8, 4) is 0 Å². The van der Waals surface area contributed by atoms with Gasteiger partial charge in [0.25, 0.3) is 0 Å². The molecule has 0 radical (unpaired) electrons. The normalized spacial score (nSPS) is 11.6. The lowest BCUT2D eigenvalue weighted by atomic mass is 10.0. The Labute approximate surface area is 164 Å². The molecular weight excluding hydrogens is 377 g/mol. The standard InChI is InChI=1S/C17H36NO4PS2/c19-23(20,21)22-16-14-12-10-8-6-4-2-1-3-5-7-9-11-13-15-18-17(24)25/h1-16H2,(H2,18,24,25)(H2,19,20,21). The van der Waals surface area contributed by atoms with Gasteiger partial charge in [0.15, 0.2) is 0 Å². The molecule has 0 aromatic carbocycles. The Morgan fingerprint density at radius 1 is 0.800 bits per heavy atom. The second-order valence-electron chi connectivity index (χ2n) is 6.51. The van der Waals surface area contributed by atoms with Crippen molar-refractivity contribution in [1.29, 1.82) is 0 Å². The number of unbranched alkanes of at least 4 members (excludes halogenated alkanes) is 13. The minimum Gasteiger partial charge on any atom is -0.371 e. The van der Waals surface area contributed by atoms with Crippen LogP contribution in [0.25, 0.3) is 0 Å². The minimum atomic E-state index is -4.27. The third-order valence-electron chi connectivity index (χ3n) is 4.11. The van der Waals surface area contributed by atoms with Gasteiger partial charge in [-0.3, -0.25) is 4.52 Å². The van der Waals surface area contributed by atoms with Gasteiger partial charge in [0.2, 0.25) is 0 Å². The van der Waals surface area contributed by atoms with E-state index in [-0.39, 0.29) is 6.61 Å². The number of hydrogen-bond donors (Lipinski definition) is 4. The summed E-state index contributed by atoms with van der Waals surface area (Å²) in [4.78, 5) is 17.1. The van der Waals surface area contributed by atoms with Crippen molar-refractivity contribution in [3.05, 3.63) is 0 Å². The fourth-order valence-electron chi connectivity index (χ4n) is 2.73. The van der Waals surface area contributed by atoms with Crippen LogP contribution in [0.15, 0.2) is 0 Å². The molecule has 8 heteroatoms. The molecule has 0 aromatic rings. The van der Waals surface area contributed by atoms with E-state index in [0.717, 1.165) is 25.8 Å². The van der Waals surface area contributed by atoms with Crippen molar-refractivity contribution in [3.63, 3.8) is 0 Å². The van der Waals surface area contributed by atoms with Gasteiger partial charge in [0, 0.05) is 6.54 Å². The molecule has 0 rings (SSSR count).